The van der Waals surface area contributed by atoms with Gasteiger partial charge in [-0.1, -0.05) is 7.43 Å². The molecule has 1 saturated heterocycles. The Morgan fingerprint density at radius 3 is 2.65 bits per heavy atom. The van der Waals surface area contributed by atoms with Gasteiger partial charge in [0.1, 0.15) is 17.5 Å². The molecule has 26 heavy (non-hydrogen) atoms. The molecule has 0 saturated carbocycles. The maximum Gasteiger partial charge on any atom is 0.470 e. The first-order valence-corrected chi connectivity index (χ1v) is 9.42. The molecule has 2 unspecified atom stereocenters. The average molecular weight is 382 g/mol. The van der Waals surface area contributed by atoms with Crippen molar-refractivity contribution in [1.29, 1.82) is 5.26 Å². The molecule has 9 heteroatoms. The number of fused-ring (bicyclic) bond motifs is 1. The van der Waals surface area contributed by atoms with Crippen LogP contribution in [0.4, 0.5) is 0 Å². The summed E-state index contributed by atoms with van der Waals surface area (Å²) in [5.74, 6) is 0.356. The van der Waals surface area contributed by atoms with E-state index in [2.05, 4.69) is 0 Å². The first-order valence-electron chi connectivity index (χ1n) is 7.89. The second-order valence-electron chi connectivity index (χ2n) is 6.72. The number of phosphoric ester groups is 1. The third-order valence-electron chi connectivity index (χ3n) is 4.50. The van der Waals surface area contributed by atoms with E-state index >= 15 is 0 Å². The Labute approximate surface area is 152 Å². The third kappa shape index (κ3) is 3.76. The number of nitriles is 1. The van der Waals surface area contributed by atoms with Crippen molar-refractivity contribution >= 4 is 13.7 Å². The maximum absolute atomic E-state index is 12.3. The zero-order chi connectivity index (χ0) is 18.4. The highest BCUT2D eigenvalue weighted by atomic mass is 31.2. The van der Waals surface area contributed by atoms with Gasteiger partial charge < -0.3 is 19.4 Å². The van der Waals surface area contributed by atoms with E-state index in [1.165, 1.54) is 0 Å². The first kappa shape index (κ1) is 20.4. The van der Waals surface area contributed by atoms with Crippen LogP contribution in [0.5, 0.6) is 5.75 Å². The SMILES string of the molecule is C.CC1(C)Oc2ccc(C#N)cc2C(N2CCCC2=O)C1OP(=O)(O)O. The summed E-state index contributed by atoms with van der Waals surface area (Å²) in [4.78, 5) is 32.6. The number of likely N-dealkylation sites (tertiary alicyclic amines) is 1. The predicted octanol–water partition coefficient (Wildman–Crippen LogP) is 2.51. The monoisotopic (exact) mass is 382 g/mol. The van der Waals surface area contributed by atoms with E-state index in [1.54, 1.807) is 36.9 Å². The Bertz CT molecular complexity index is 797. The lowest BCUT2D eigenvalue weighted by atomic mass is 9.85. The summed E-state index contributed by atoms with van der Waals surface area (Å²) in [5, 5.41) is 9.17. The van der Waals surface area contributed by atoms with E-state index in [9.17, 15) is 24.4 Å². The van der Waals surface area contributed by atoms with Gasteiger partial charge in [0.25, 0.3) is 0 Å². The smallest absolute Gasteiger partial charge is 0.470 e. The van der Waals surface area contributed by atoms with Gasteiger partial charge in [-0.05, 0) is 38.5 Å². The number of benzene rings is 1. The van der Waals surface area contributed by atoms with E-state index in [4.69, 9.17) is 9.26 Å². The minimum Gasteiger partial charge on any atom is -0.485 e. The molecular weight excluding hydrogens is 359 g/mol. The molecule has 0 aromatic heterocycles. The molecule has 3 rings (SSSR count). The average Bonchev–Trinajstić information content (AvgIpc) is 2.92. The molecule has 2 heterocycles. The van der Waals surface area contributed by atoms with Crippen molar-refractivity contribution in [3.63, 3.8) is 0 Å². The predicted molar refractivity (Wildman–Crippen MR) is 93.2 cm³/mol. The van der Waals surface area contributed by atoms with Gasteiger partial charge in [-0.2, -0.15) is 5.26 Å². The van der Waals surface area contributed by atoms with Crippen LogP contribution in [0.1, 0.15) is 51.3 Å². The van der Waals surface area contributed by atoms with Gasteiger partial charge in [-0.25, -0.2) is 4.57 Å². The summed E-state index contributed by atoms with van der Waals surface area (Å²) in [7, 11) is -4.83. The van der Waals surface area contributed by atoms with Crippen LogP contribution in [0, 0.1) is 11.3 Å². The Kier molecular flexibility index (Phi) is 5.50. The highest BCUT2D eigenvalue weighted by Gasteiger charge is 2.51. The molecule has 0 spiro atoms. The lowest BCUT2D eigenvalue weighted by Gasteiger charge is -2.47. The number of rotatable bonds is 3. The van der Waals surface area contributed by atoms with Gasteiger partial charge in [-0.15, -0.1) is 0 Å². The van der Waals surface area contributed by atoms with Gasteiger partial charge >= 0.3 is 7.82 Å². The molecule has 2 aliphatic heterocycles. The summed E-state index contributed by atoms with van der Waals surface area (Å²) in [5.41, 5.74) is -0.198. The molecule has 0 radical (unpaired) electrons. The van der Waals surface area contributed by atoms with E-state index in [1.807, 2.05) is 6.07 Å². The Morgan fingerprint density at radius 2 is 2.12 bits per heavy atom. The highest BCUT2D eigenvalue weighted by Crippen LogP contribution is 2.51. The molecule has 1 fully saturated rings. The minimum absolute atomic E-state index is 0. The molecule has 2 N–H and O–H groups in total. The normalized spacial score (nSPS) is 24.3. The van der Waals surface area contributed by atoms with Crippen molar-refractivity contribution in [2.75, 3.05) is 6.54 Å². The first-order chi connectivity index (χ1) is 11.6. The van der Waals surface area contributed by atoms with Gasteiger partial charge in [-0.3, -0.25) is 9.32 Å². The van der Waals surface area contributed by atoms with Crippen LogP contribution in [0.2, 0.25) is 0 Å². The van der Waals surface area contributed by atoms with Crippen LogP contribution in [0.25, 0.3) is 0 Å². The van der Waals surface area contributed by atoms with Crippen LogP contribution in [-0.2, 0) is 13.9 Å². The van der Waals surface area contributed by atoms with Crippen molar-refractivity contribution in [1.82, 2.24) is 4.90 Å². The molecule has 2 atom stereocenters. The number of nitrogens with zero attached hydrogens (tertiary/aromatic N) is 2. The van der Waals surface area contributed by atoms with Gasteiger partial charge in [0.15, 0.2) is 0 Å². The largest absolute Gasteiger partial charge is 0.485 e. The molecule has 1 aromatic carbocycles. The van der Waals surface area contributed by atoms with Crippen molar-refractivity contribution in [2.24, 2.45) is 0 Å². The number of hydrogen-bond acceptors (Lipinski definition) is 5. The van der Waals surface area contributed by atoms with Crippen LogP contribution in [0.15, 0.2) is 18.2 Å². The summed E-state index contributed by atoms with van der Waals surface area (Å²) >= 11 is 0. The van der Waals surface area contributed by atoms with E-state index in [-0.39, 0.29) is 13.3 Å². The minimum atomic E-state index is -4.83. The molecule has 0 aliphatic carbocycles. The number of amides is 1. The molecular formula is C17H23N2O6P. The quantitative estimate of drug-likeness (QED) is 0.771. The lowest BCUT2D eigenvalue weighted by Crippen LogP contribution is -2.54. The summed E-state index contributed by atoms with van der Waals surface area (Å²) in [6.45, 7) is 3.76. The number of hydrogen-bond donors (Lipinski definition) is 2. The molecule has 142 valence electrons. The number of phosphoric acid groups is 1. The second-order valence-corrected chi connectivity index (χ2v) is 7.91. The molecule has 1 aromatic rings. The van der Waals surface area contributed by atoms with Crippen LogP contribution in [0.3, 0.4) is 0 Å². The molecule has 8 nitrogen and oxygen atoms in total. The number of carbonyl (C=O) groups is 1. The highest BCUT2D eigenvalue weighted by molar-refractivity contribution is 7.46. The van der Waals surface area contributed by atoms with Gasteiger partial charge in [0.05, 0.1) is 17.7 Å². The van der Waals surface area contributed by atoms with Gasteiger partial charge in [0, 0.05) is 18.5 Å². The molecule has 1 amide bonds. The molecule has 2 aliphatic rings. The van der Waals surface area contributed by atoms with Crippen LogP contribution in [-0.4, -0.2) is 38.8 Å². The van der Waals surface area contributed by atoms with Crippen molar-refractivity contribution in [2.45, 2.75) is 51.9 Å². The Morgan fingerprint density at radius 1 is 1.42 bits per heavy atom. The topological polar surface area (TPSA) is 120 Å². The Hall–Kier alpha value is -1.91. The van der Waals surface area contributed by atoms with Crippen molar-refractivity contribution in [3.05, 3.63) is 29.3 Å². The third-order valence-corrected chi connectivity index (χ3v) is 5.00. The van der Waals surface area contributed by atoms with Crippen LogP contribution >= 0.6 is 7.82 Å². The summed E-state index contributed by atoms with van der Waals surface area (Å²) in [6, 6.07) is 6.10. The maximum atomic E-state index is 12.3. The standard InChI is InChI=1S/C16H19N2O6P.CH4/c1-16(2)15(24-25(20,21)22)14(18-7-3-4-13(18)19)11-8-10(9-17)5-6-12(11)23-16;/h5-6,8,14-15H,3-4,7H2,1-2H3,(H2,20,21,22);1H4. The van der Waals surface area contributed by atoms with Gasteiger partial charge in [0.2, 0.25) is 5.91 Å². The number of carbonyl (C=O) groups excluding carboxylic acids is 1. The van der Waals surface area contributed by atoms with Crippen molar-refractivity contribution < 1.29 is 28.4 Å². The number of ether oxygens (including phenoxy) is 1. The lowest BCUT2D eigenvalue weighted by molar-refractivity contribution is -0.138. The summed E-state index contributed by atoms with van der Waals surface area (Å²) in [6.07, 6.45) is -0.0583. The van der Waals surface area contributed by atoms with E-state index < -0.39 is 25.6 Å². The second kappa shape index (κ2) is 7.01. The fourth-order valence-electron chi connectivity index (χ4n) is 3.45. The fraction of sp³-hybridized carbons (Fsp3) is 0.529. The molecule has 0 bridgehead atoms. The van der Waals surface area contributed by atoms with E-state index in [0.717, 1.165) is 0 Å². The zero-order valence-electron chi connectivity index (χ0n) is 13.9. The van der Waals surface area contributed by atoms with E-state index in [0.29, 0.717) is 36.3 Å². The zero-order valence-corrected chi connectivity index (χ0v) is 14.8. The van der Waals surface area contributed by atoms with Crippen LogP contribution < -0.4 is 4.74 Å². The summed E-state index contributed by atoms with van der Waals surface area (Å²) < 4.78 is 22.5. The Balaban J connectivity index is 0.00000243. The fourth-order valence-corrected chi connectivity index (χ4v) is 4.12. The van der Waals surface area contributed by atoms with Crippen molar-refractivity contribution in [3.8, 4) is 11.8 Å².